The van der Waals surface area contributed by atoms with Gasteiger partial charge in [0, 0.05) is 19.1 Å². The summed E-state index contributed by atoms with van der Waals surface area (Å²) < 4.78 is 0. The maximum atomic E-state index is 9.41. The van der Waals surface area contributed by atoms with Crippen LogP contribution in [-0.2, 0) is 0 Å². The van der Waals surface area contributed by atoms with Crippen molar-refractivity contribution in [3.8, 4) is 0 Å². The van der Waals surface area contributed by atoms with E-state index < -0.39 is 12.2 Å². The van der Waals surface area contributed by atoms with Crippen LogP contribution in [0.2, 0.25) is 0 Å². The van der Waals surface area contributed by atoms with Crippen LogP contribution in [0.1, 0.15) is 12.8 Å². The molecule has 3 heteroatoms. The van der Waals surface area contributed by atoms with Gasteiger partial charge in [-0.15, -0.1) is 0 Å². The normalized spacial score (nSPS) is 42.7. The topological polar surface area (TPSA) is 43.7 Å². The number of aliphatic hydroxyl groups excluding tert-OH is 2. The van der Waals surface area contributed by atoms with Crippen molar-refractivity contribution in [2.45, 2.75) is 31.1 Å². The van der Waals surface area contributed by atoms with E-state index in [-0.39, 0.29) is 0 Å². The number of hydrogen-bond acceptors (Lipinski definition) is 3. The predicted octanol–water partition coefficient (Wildman–Crippen LogP) is -0.258. The number of aliphatic hydroxyl groups is 2. The highest BCUT2D eigenvalue weighted by Crippen LogP contribution is 2.22. The molecule has 2 N–H and O–H groups in total. The molecule has 0 bridgehead atoms. The van der Waals surface area contributed by atoms with Crippen molar-refractivity contribution in [1.29, 1.82) is 0 Å². The van der Waals surface area contributed by atoms with Crippen molar-refractivity contribution in [3.63, 3.8) is 0 Å². The molecule has 0 spiro atoms. The molecule has 0 unspecified atom stereocenters. The molecule has 0 aromatic rings. The van der Waals surface area contributed by atoms with E-state index in [0.29, 0.717) is 19.0 Å². The van der Waals surface area contributed by atoms with Gasteiger partial charge >= 0.3 is 0 Å². The maximum Gasteiger partial charge on any atom is 0.0926 e. The van der Waals surface area contributed by atoms with Crippen molar-refractivity contribution < 1.29 is 10.2 Å². The Morgan fingerprint density at radius 2 is 2.08 bits per heavy atom. The average molecular weight is 169 g/mol. The third-order valence-corrected chi connectivity index (χ3v) is 2.76. The second-order valence-corrected chi connectivity index (χ2v) is 3.65. The van der Waals surface area contributed by atoms with Gasteiger partial charge in [0.25, 0.3) is 0 Å². The second kappa shape index (κ2) is 3.17. The fourth-order valence-electron chi connectivity index (χ4n) is 2.00. The Balaban J connectivity index is 2.06. The molecule has 12 heavy (non-hydrogen) atoms. The zero-order chi connectivity index (χ0) is 8.55. The molecule has 0 radical (unpaired) electrons. The number of hydrogen-bond donors (Lipinski definition) is 2. The van der Waals surface area contributed by atoms with Crippen molar-refractivity contribution in [3.05, 3.63) is 12.2 Å². The van der Waals surface area contributed by atoms with E-state index >= 15 is 0 Å². The standard InChI is InChI=1S/C9H15NO2/c11-8-5-7-3-1-2-4-10(7)6-9(8)12/h1,3,7-9,11-12H,2,4-6H2/t7-,8-,9+/m0/s1. The first-order valence-electron chi connectivity index (χ1n) is 4.54. The molecule has 3 atom stereocenters. The molecule has 2 heterocycles. The van der Waals surface area contributed by atoms with Crippen LogP contribution in [0.15, 0.2) is 12.2 Å². The fourth-order valence-corrected chi connectivity index (χ4v) is 2.00. The smallest absolute Gasteiger partial charge is 0.0926 e. The fraction of sp³-hybridized carbons (Fsp3) is 0.778. The quantitative estimate of drug-likeness (QED) is 0.491. The lowest BCUT2D eigenvalue weighted by molar-refractivity contribution is -0.0532. The Kier molecular flexibility index (Phi) is 2.17. The number of fused-ring (bicyclic) bond motifs is 1. The summed E-state index contributed by atoms with van der Waals surface area (Å²) >= 11 is 0. The van der Waals surface area contributed by atoms with Crippen LogP contribution >= 0.6 is 0 Å². The highest BCUT2D eigenvalue weighted by atomic mass is 16.3. The van der Waals surface area contributed by atoms with Crippen LogP contribution in [0, 0.1) is 0 Å². The molecule has 0 aromatic heterocycles. The summed E-state index contributed by atoms with van der Waals surface area (Å²) in [6.07, 6.45) is 4.96. The first-order valence-corrected chi connectivity index (χ1v) is 4.54. The number of piperidine rings is 1. The van der Waals surface area contributed by atoms with E-state index in [0.717, 1.165) is 13.0 Å². The molecule has 2 aliphatic heterocycles. The van der Waals surface area contributed by atoms with E-state index in [2.05, 4.69) is 17.1 Å². The molecule has 3 nitrogen and oxygen atoms in total. The third-order valence-electron chi connectivity index (χ3n) is 2.76. The van der Waals surface area contributed by atoms with Crippen LogP contribution in [0.4, 0.5) is 0 Å². The van der Waals surface area contributed by atoms with Gasteiger partial charge in [-0.1, -0.05) is 12.2 Å². The molecule has 0 amide bonds. The van der Waals surface area contributed by atoms with Gasteiger partial charge < -0.3 is 10.2 Å². The molecule has 0 aliphatic carbocycles. The van der Waals surface area contributed by atoms with E-state index in [1.54, 1.807) is 0 Å². The largest absolute Gasteiger partial charge is 0.390 e. The van der Waals surface area contributed by atoms with Gasteiger partial charge in [-0.3, -0.25) is 4.90 Å². The lowest BCUT2D eigenvalue weighted by Crippen LogP contribution is -2.52. The van der Waals surface area contributed by atoms with E-state index in [1.165, 1.54) is 0 Å². The second-order valence-electron chi connectivity index (χ2n) is 3.65. The Bertz CT molecular complexity index is 193. The minimum atomic E-state index is -0.548. The summed E-state index contributed by atoms with van der Waals surface area (Å²) in [7, 11) is 0. The minimum absolute atomic E-state index is 0.358. The van der Waals surface area contributed by atoms with E-state index in [9.17, 15) is 10.2 Å². The third kappa shape index (κ3) is 1.40. The van der Waals surface area contributed by atoms with Crippen LogP contribution in [0.3, 0.4) is 0 Å². The molecule has 1 saturated heterocycles. The molecular weight excluding hydrogens is 154 g/mol. The number of nitrogens with zero attached hydrogens (tertiary/aromatic N) is 1. The summed E-state index contributed by atoms with van der Waals surface area (Å²) in [6, 6.07) is 0.358. The molecule has 1 fully saturated rings. The summed E-state index contributed by atoms with van der Waals surface area (Å²) in [4.78, 5) is 2.23. The summed E-state index contributed by atoms with van der Waals surface area (Å²) in [5.74, 6) is 0. The van der Waals surface area contributed by atoms with Crippen LogP contribution in [0.5, 0.6) is 0 Å². The lowest BCUT2D eigenvalue weighted by atomic mass is 9.94. The SMILES string of the molecule is O[C@@H]1CN2CCC=C[C@H]2C[C@@H]1O. The van der Waals surface area contributed by atoms with E-state index in [4.69, 9.17) is 0 Å². The van der Waals surface area contributed by atoms with Crippen molar-refractivity contribution in [2.24, 2.45) is 0 Å². The highest BCUT2D eigenvalue weighted by molar-refractivity contribution is 5.04. The zero-order valence-electron chi connectivity index (χ0n) is 7.06. The molecule has 2 rings (SSSR count). The Hall–Kier alpha value is -0.380. The monoisotopic (exact) mass is 169 g/mol. The van der Waals surface area contributed by atoms with Gasteiger partial charge in [-0.2, -0.15) is 0 Å². The molecule has 68 valence electrons. The van der Waals surface area contributed by atoms with Gasteiger partial charge in [0.05, 0.1) is 12.2 Å². The zero-order valence-corrected chi connectivity index (χ0v) is 7.06. The summed E-state index contributed by atoms with van der Waals surface area (Å²) in [5, 5.41) is 18.8. The molecule has 2 aliphatic rings. The van der Waals surface area contributed by atoms with Crippen LogP contribution < -0.4 is 0 Å². The maximum absolute atomic E-state index is 9.41. The summed E-state index contributed by atoms with van der Waals surface area (Å²) in [6.45, 7) is 1.64. The van der Waals surface area contributed by atoms with Crippen molar-refractivity contribution in [1.82, 2.24) is 4.90 Å². The highest BCUT2D eigenvalue weighted by Gasteiger charge is 2.32. The minimum Gasteiger partial charge on any atom is -0.390 e. The van der Waals surface area contributed by atoms with Crippen LogP contribution in [-0.4, -0.2) is 46.5 Å². The molecular formula is C9H15NO2. The van der Waals surface area contributed by atoms with Gasteiger partial charge in [0.1, 0.15) is 0 Å². The molecule has 0 aromatic carbocycles. The number of rotatable bonds is 0. The van der Waals surface area contributed by atoms with Gasteiger partial charge in [0.2, 0.25) is 0 Å². The Labute approximate surface area is 72.3 Å². The van der Waals surface area contributed by atoms with Crippen molar-refractivity contribution >= 4 is 0 Å². The van der Waals surface area contributed by atoms with E-state index in [1.807, 2.05) is 0 Å². The van der Waals surface area contributed by atoms with Gasteiger partial charge in [-0.25, -0.2) is 0 Å². The van der Waals surface area contributed by atoms with Crippen molar-refractivity contribution in [2.75, 3.05) is 13.1 Å². The Morgan fingerprint density at radius 1 is 1.25 bits per heavy atom. The first kappa shape index (κ1) is 8.23. The van der Waals surface area contributed by atoms with Gasteiger partial charge in [0.15, 0.2) is 0 Å². The lowest BCUT2D eigenvalue weighted by Gasteiger charge is -2.40. The summed E-state index contributed by atoms with van der Waals surface area (Å²) in [5.41, 5.74) is 0. The predicted molar refractivity (Wildman–Crippen MR) is 45.7 cm³/mol. The average Bonchev–Trinajstić information content (AvgIpc) is 2.07. The molecule has 0 saturated carbocycles. The van der Waals surface area contributed by atoms with Crippen LogP contribution in [0.25, 0.3) is 0 Å². The van der Waals surface area contributed by atoms with Gasteiger partial charge in [-0.05, 0) is 12.8 Å². The Morgan fingerprint density at radius 3 is 2.92 bits per heavy atom. The first-order chi connectivity index (χ1) is 5.77.